The smallest absolute Gasteiger partial charge is 0.306 e. The first-order valence-electron chi connectivity index (χ1n) is 33.5. The van der Waals surface area contributed by atoms with Crippen LogP contribution in [0, 0.1) is 0 Å². The van der Waals surface area contributed by atoms with E-state index in [0.29, 0.717) is 19.3 Å². The molecule has 0 radical (unpaired) electrons. The highest BCUT2D eigenvalue weighted by atomic mass is 16.6. The maximum atomic E-state index is 12.9. The molecular formula is C69H128O6. The van der Waals surface area contributed by atoms with Gasteiger partial charge in [-0.05, 0) is 77.0 Å². The zero-order valence-electron chi connectivity index (χ0n) is 50.6. The number of rotatable bonds is 62. The Balaban J connectivity index is 4.29. The minimum absolute atomic E-state index is 0.0734. The predicted octanol–water partition coefficient (Wildman–Crippen LogP) is 22.8. The molecule has 0 amide bonds. The third-order valence-corrected chi connectivity index (χ3v) is 15.1. The van der Waals surface area contributed by atoms with Crippen LogP contribution in [0.5, 0.6) is 0 Å². The molecule has 0 saturated heterocycles. The summed E-state index contributed by atoms with van der Waals surface area (Å²) in [5.41, 5.74) is 0. The molecule has 0 heterocycles. The van der Waals surface area contributed by atoms with Crippen LogP contribution in [-0.2, 0) is 28.6 Å². The van der Waals surface area contributed by atoms with Crippen LogP contribution in [0.3, 0.4) is 0 Å². The van der Waals surface area contributed by atoms with Gasteiger partial charge in [0.25, 0.3) is 0 Å². The van der Waals surface area contributed by atoms with E-state index in [4.69, 9.17) is 14.2 Å². The monoisotopic (exact) mass is 1050 g/mol. The molecule has 0 saturated carbocycles. The summed E-state index contributed by atoms with van der Waals surface area (Å²) in [6, 6.07) is 0. The van der Waals surface area contributed by atoms with Gasteiger partial charge < -0.3 is 14.2 Å². The number of allylic oxidation sites excluding steroid dienone is 6. The van der Waals surface area contributed by atoms with Gasteiger partial charge in [-0.15, -0.1) is 0 Å². The molecule has 0 unspecified atom stereocenters. The highest BCUT2D eigenvalue weighted by Crippen LogP contribution is 2.18. The fourth-order valence-corrected chi connectivity index (χ4v) is 10.1. The van der Waals surface area contributed by atoms with Crippen LogP contribution in [0.2, 0.25) is 0 Å². The second kappa shape index (κ2) is 64.2. The van der Waals surface area contributed by atoms with Gasteiger partial charge in [-0.3, -0.25) is 14.4 Å². The molecule has 0 aromatic rings. The van der Waals surface area contributed by atoms with Crippen LogP contribution < -0.4 is 0 Å². The van der Waals surface area contributed by atoms with E-state index < -0.39 is 6.10 Å². The second-order valence-electron chi connectivity index (χ2n) is 22.7. The van der Waals surface area contributed by atoms with Crippen molar-refractivity contribution in [3.05, 3.63) is 36.5 Å². The molecule has 1 atom stereocenters. The van der Waals surface area contributed by atoms with Crippen LogP contribution in [0.25, 0.3) is 0 Å². The molecule has 0 aliphatic carbocycles. The average molecular weight is 1050 g/mol. The van der Waals surface area contributed by atoms with Crippen molar-refractivity contribution in [2.24, 2.45) is 0 Å². The molecule has 0 aromatic carbocycles. The molecule has 440 valence electrons. The van der Waals surface area contributed by atoms with E-state index in [1.165, 1.54) is 244 Å². The SMILES string of the molecule is CCCCC/C=C\C/C=C\CCCCCCCC(=O)O[C@H](COC(=O)CCCCCCCCCCCCC/C=C\CCCCCCCC)COC(=O)CCCCCCCCCCCCCCCCCCCCCCC. The molecule has 0 bridgehead atoms. The summed E-state index contributed by atoms with van der Waals surface area (Å²) < 4.78 is 17.0. The zero-order valence-corrected chi connectivity index (χ0v) is 50.6. The van der Waals surface area contributed by atoms with Gasteiger partial charge in [-0.25, -0.2) is 0 Å². The Bertz CT molecular complexity index is 1250. The third-order valence-electron chi connectivity index (χ3n) is 15.1. The normalized spacial score (nSPS) is 12.2. The fraction of sp³-hybridized carbons (Fsp3) is 0.870. The summed E-state index contributed by atoms with van der Waals surface area (Å²) >= 11 is 0. The first-order valence-corrected chi connectivity index (χ1v) is 33.5. The predicted molar refractivity (Wildman–Crippen MR) is 326 cm³/mol. The van der Waals surface area contributed by atoms with Crippen molar-refractivity contribution in [1.29, 1.82) is 0 Å². The second-order valence-corrected chi connectivity index (χ2v) is 22.7. The molecular weight excluding hydrogens is 925 g/mol. The number of carbonyl (C=O) groups excluding carboxylic acids is 3. The molecule has 0 aromatic heterocycles. The Morgan fingerprint density at radius 3 is 0.773 bits per heavy atom. The third kappa shape index (κ3) is 62.4. The molecule has 0 aliphatic heterocycles. The van der Waals surface area contributed by atoms with Crippen LogP contribution in [0.1, 0.15) is 367 Å². The Hall–Kier alpha value is -2.37. The van der Waals surface area contributed by atoms with Crippen molar-refractivity contribution in [2.75, 3.05) is 13.2 Å². The van der Waals surface area contributed by atoms with Gasteiger partial charge in [0.15, 0.2) is 6.10 Å². The number of unbranched alkanes of at least 4 members (excludes halogenated alkanes) is 45. The van der Waals surface area contributed by atoms with E-state index in [9.17, 15) is 14.4 Å². The lowest BCUT2D eigenvalue weighted by molar-refractivity contribution is -0.167. The van der Waals surface area contributed by atoms with Gasteiger partial charge in [0.05, 0.1) is 0 Å². The number of hydrogen-bond acceptors (Lipinski definition) is 6. The Morgan fingerprint density at radius 1 is 0.267 bits per heavy atom. The van der Waals surface area contributed by atoms with E-state index in [1.54, 1.807) is 0 Å². The molecule has 75 heavy (non-hydrogen) atoms. The van der Waals surface area contributed by atoms with Crippen LogP contribution in [-0.4, -0.2) is 37.2 Å². The summed E-state index contributed by atoms with van der Waals surface area (Å²) in [4.78, 5) is 38.4. The quantitative estimate of drug-likeness (QED) is 0.0261. The summed E-state index contributed by atoms with van der Waals surface area (Å²) in [6.45, 7) is 6.67. The Morgan fingerprint density at radius 2 is 0.480 bits per heavy atom. The van der Waals surface area contributed by atoms with Gasteiger partial charge in [0.2, 0.25) is 0 Å². The lowest BCUT2D eigenvalue weighted by atomic mass is 10.0. The lowest BCUT2D eigenvalue weighted by Gasteiger charge is -2.18. The highest BCUT2D eigenvalue weighted by Gasteiger charge is 2.19. The summed E-state index contributed by atoms with van der Waals surface area (Å²) in [5.74, 6) is -0.862. The van der Waals surface area contributed by atoms with Crippen LogP contribution in [0.15, 0.2) is 36.5 Å². The van der Waals surface area contributed by atoms with E-state index in [-0.39, 0.29) is 31.1 Å². The highest BCUT2D eigenvalue weighted by molar-refractivity contribution is 5.71. The average Bonchev–Trinajstić information content (AvgIpc) is 3.41. The van der Waals surface area contributed by atoms with Crippen molar-refractivity contribution in [3.8, 4) is 0 Å². The van der Waals surface area contributed by atoms with Gasteiger partial charge in [-0.2, -0.15) is 0 Å². The van der Waals surface area contributed by atoms with Gasteiger partial charge in [0, 0.05) is 19.3 Å². The first kappa shape index (κ1) is 72.6. The van der Waals surface area contributed by atoms with E-state index in [1.807, 2.05) is 0 Å². The first-order chi connectivity index (χ1) is 37.0. The standard InChI is InChI=1S/C69H128O6/c1-4-7-10-13-16-19-22-25-28-30-32-34-36-38-41-43-46-49-52-55-58-61-67(70)73-64-66(75-69(72)63-60-57-54-51-48-45-40-27-24-21-18-15-12-9-6-3)65-74-68(71)62-59-56-53-50-47-44-42-39-37-35-33-31-29-26-23-20-17-14-11-8-5-2/h18,21,25,27-28,40,66H,4-17,19-20,22-24,26,29-39,41-65H2,1-3H3/b21-18-,28-25-,40-27-/t66-/m1/s1. The molecule has 0 aliphatic rings. The lowest BCUT2D eigenvalue weighted by Crippen LogP contribution is -2.30. The summed E-state index contributed by atoms with van der Waals surface area (Å²) in [6.07, 6.45) is 78.7. The van der Waals surface area contributed by atoms with Crippen molar-refractivity contribution in [1.82, 2.24) is 0 Å². The van der Waals surface area contributed by atoms with E-state index in [2.05, 4.69) is 57.2 Å². The van der Waals surface area contributed by atoms with Crippen LogP contribution in [0.4, 0.5) is 0 Å². The largest absolute Gasteiger partial charge is 0.462 e. The van der Waals surface area contributed by atoms with Gasteiger partial charge in [0.1, 0.15) is 13.2 Å². The van der Waals surface area contributed by atoms with E-state index >= 15 is 0 Å². The van der Waals surface area contributed by atoms with Gasteiger partial charge in [-0.1, -0.05) is 308 Å². The minimum Gasteiger partial charge on any atom is -0.462 e. The minimum atomic E-state index is -0.778. The fourth-order valence-electron chi connectivity index (χ4n) is 10.1. The topological polar surface area (TPSA) is 78.9 Å². The maximum absolute atomic E-state index is 12.9. The van der Waals surface area contributed by atoms with Crippen molar-refractivity contribution < 1.29 is 28.6 Å². The number of hydrogen-bond donors (Lipinski definition) is 0. The van der Waals surface area contributed by atoms with Crippen molar-refractivity contribution >= 4 is 17.9 Å². The zero-order chi connectivity index (χ0) is 54.3. The number of carbonyl (C=O) groups is 3. The molecule has 6 nitrogen and oxygen atoms in total. The number of esters is 3. The Labute approximate surface area is 467 Å². The van der Waals surface area contributed by atoms with Crippen LogP contribution >= 0.6 is 0 Å². The maximum Gasteiger partial charge on any atom is 0.306 e. The summed E-state index contributed by atoms with van der Waals surface area (Å²) in [5, 5.41) is 0. The molecule has 0 spiro atoms. The molecule has 6 heteroatoms. The molecule has 0 N–H and O–H groups in total. The molecule has 0 rings (SSSR count). The van der Waals surface area contributed by atoms with E-state index in [0.717, 1.165) is 83.5 Å². The summed E-state index contributed by atoms with van der Waals surface area (Å²) in [7, 11) is 0. The molecule has 0 fully saturated rings. The van der Waals surface area contributed by atoms with Gasteiger partial charge >= 0.3 is 17.9 Å². The Kier molecular flexibility index (Phi) is 62.1. The van der Waals surface area contributed by atoms with Crippen molar-refractivity contribution in [2.45, 2.75) is 374 Å². The number of ether oxygens (including phenoxy) is 3. The van der Waals surface area contributed by atoms with Crippen molar-refractivity contribution in [3.63, 3.8) is 0 Å².